The molecule has 0 radical (unpaired) electrons. The van der Waals surface area contributed by atoms with Gasteiger partial charge in [0.25, 0.3) is 5.91 Å². The number of benzene rings is 1. The summed E-state index contributed by atoms with van der Waals surface area (Å²) in [5.74, 6) is 0.757. The molecule has 2 fully saturated rings. The van der Waals surface area contributed by atoms with Crippen molar-refractivity contribution in [2.24, 2.45) is 0 Å². The van der Waals surface area contributed by atoms with Crippen LogP contribution in [0.3, 0.4) is 0 Å². The maximum absolute atomic E-state index is 13.2. The highest BCUT2D eigenvalue weighted by atomic mass is 35.5. The number of unbranched alkanes of at least 4 members (excludes halogenated alkanes) is 1. The minimum absolute atomic E-state index is 0.123. The Bertz CT molecular complexity index is 678. The predicted molar refractivity (Wildman–Crippen MR) is 111 cm³/mol. The van der Waals surface area contributed by atoms with Gasteiger partial charge in [0.2, 0.25) is 5.91 Å². The first-order valence-electron chi connectivity index (χ1n) is 9.35. The molecule has 1 unspecified atom stereocenters. The Morgan fingerprint density at radius 3 is 2.56 bits per heavy atom. The molecule has 2 heterocycles. The van der Waals surface area contributed by atoms with Crippen LogP contribution >= 0.6 is 33.2 Å². The highest BCUT2D eigenvalue weighted by Crippen LogP contribution is 2.39. The molecule has 0 bridgehead atoms. The predicted octanol–water partition coefficient (Wildman–Crippen LogP) is 4.48. The Hall–Kier alpha value is -0.920. The molecule has 2 saturated heterocycles. The van der Waals surface area contributed by atoms with Gasteiger partial charge in [0.1, 0.15) is 5.82 Å². The second kappa shape index (κ2) is 10.0. The van der Waals surface area contributed by atoms with E-state index in [1.165, 1.54) is 30.7 Å². The Kier molecular flexibility index (Phi) is 7.73. The van der Waals surface area contributed by atoms with Crippen LogP contribution in [-0.2, 0) is 4.79 Å². The van der Waals surface area contributed by atoms with Crippen LogP contribution in [0.4, 0.5) is 4.39 Å². The second-order valence-corrected chi connectivity index (χ2v) is 10.1. The number of carbonyl (C=O) groups excluding carboxylic acids is 2. The Labute approximate surface area is 172 Å². The Balaban J connectivity index is 1.39. The fraction of sp³-hybridized carbons (Fsp3) is 0.579. The van der Waals surface area contributed by atoms with Crippen molar-refractivity contribution in [2.75, 3.05) is 31.9 Å². The van der Waals surface area contributed by atoms with Crippen LogP contribution in [0.25, 0.3) is 0 Å². The molecule has 27 heavy (non-hydrogen) atoms. The smallest absolute Gasteiger partial charge is 0.255 e. The third-order valence-corrected chi connectivity index (χ3v) is 8.29. The van der Waals surface area contributed by atoms with Crippen molar-refractivity contribution in [2.45, 2.75) is 37.4 Å². The van der Waals surface area contributed by atoms with Crippen molar-refractivity contribution >= 4 is 45.0 Å². The average molecular weight is 431 g/mol. The zero-order valence-corrected chi connectivity index (χ0v) is 17.6. The quantitative estimate of drug-likeness (QED) is 0.493. The molecule has 1 atom stereocenters. The third kappa shape index (κ3) is 5.78. The van der Waals surface area contributed by atoms with E-state index in [1.54, 1.807) is 4.90 Å². The van der Waals surface area contributed by atoms with Crippen LogP contribution in [-0.4, -0.2) is 58.8 Å². The lowest BCUT2D eigenvalue weighted by Crippen LogP contribution is -2.50. The maximum Gasteiger partial charge on any atom is 0.255 e. The number of nitrogens with zero attached hydrogens (tertiary/aromatic N) is 2. The van der Waals surface area contributed by atoms with Gasteiger partial charge in [-0.25, -0.2) is 4.39 Å². The fourth-order valence-electron chi connectivity index (χ4n) is 3.36. The van der Waals surface area contributed by atoms with Gasteiger partial charge in [-0.2, -0.15) is 0 Å². The summed E-state index contributed by atoms with van der Waals surface area (Å²) >= 11 is 5.99. The molecule has 1 aromatic carbocycles. The Morgan fingerprint density at radius 2 is 1.89 bits per heavy atom. The molecule has 1 aromatic rings. The van der Waals surface area contributed by atoms with Gasteiger partial charge >= 0.3 is 0 Å². The molecule has 8 heteroatoms. The number of halogens is 2. The molecule has 2 amide bonds. The summed E-state index contributed by atoms with van der Waals surface area (Å²) in [4.78, 5) is 28.5. The molecule has 4 nitrogen and oxygen atoms in total. The van der Waals surface area contributed by atoms with E-state index in [1.807, 2.05) is 26.5 Å². The van der Waals surface area contributed by atoms with Crippen LogP contribution in [0.5, 0.6) is 0 Å². The van der Waals surface area contributed by atoms with Gasteiger partial charge in [0.15, 0.2) is 0 Å². The molecule has 3 rings (SSSR count). The molecule has 0 N–H and O–H groups in total. The summed E-state index contributed by atoms with van der Waals surface area (Å²) in [5, 5.41) is 0.885. The van der Waals surface area contributed by atoms with Crippen molar-refractivity contribution in [3.63, 3.8) is 0 Å². The van der Waals surface area contributed by atoms with Crippen molar-refractivity contribution < 1.29 is 14.0 Å². The lowest BCUT2D eigenvalue weighted by atomic mass is 10.1. The molecule has 2 aliphatic rings. The van der Waals surface area contributed by atoms with Crippen LogP contribution in [0.15, 0.2) is 18.2 Å². The first kappa shape index (κ1) is 20.8. The lowest BCUT2D eigenvalue weighted by molar-refractivity contribution is -0.132. The number of rotatable bonds is 6. The average Bonchev–Trinajstić information content (AvgIpc) is 3.18. The maximum atomic E-state index is 13.2. The summed E-state index contributed by atoms with van der Waals surface area (Å²) < 4.78 is 13.2. The molecular weight excluding hydrogens is 407 g/mol. The first-order valence-corrected chi connectivity index (χ1v) is 12.1. The van der Waals surface area contributed by atoms with Gasteiger partial charge in [-0.1, -0.05) is 39.6 Å². The van der Waals surface area contributed by atoms with Gasteiger partial charge in [-0.3, -0.25) is 9.59 Å². The molecule has 2 aliphatic heterocycles. The molecule has 148 valence electrons. The van der Waals surface area contributed by atoms with Crippen molar-refractivity contribution in [1.82, 2.24) is 9.80 Å². The number of hydrogen-bond acceptors (Lipinski definition) is 4. The molecule has 0 spiro atoms. The summed E-state index contributed by atoms with van der Waals surface area (Å²) in [7, 11) is 3.94. The van der Waals surface area contributed by atoms with Gasteiger partial charge < -0.3 is 9.80 Å². The van der Waals surface area contributed by atoms with Crippen LogP contribution in [0.1, 0.15) is 42.5 Å². The van der Waals surface area contributed by atoms with Crippen molar-refractivity contribution in [3.8, 4) is 0 Å². The number of carbonyl (C=O) groups is 2. The summed E-state index contributed by atoms with van der Waals surface area (Å²) in [5.41, 5.74) is 0.306. The fourth-order valence-corrected chi connectivity index (χ4v) is 6.64. The monoisotopic (exact) mass is 430 g/mol. The summed E-state index contributed by atoms with van der Waals surface area (Å²) in [6, 6.07) is 3.80. The standard InChI is InChI=1S/C19H24ClFN2O2S2/c20-17-13-14(21)5-6-16(17)19(25)23-10-8-22(9-11-23)18(24)4-2-1-3-15-7-12-26-27-15/h5-6,13,15H,1-4,7-12H2. The highest BCUT2D eigenvalue weighted by molar-refractivity contribution is 8.77. The van der Waals surface area contributed by atoms with Gasteiger partial charge in [-0.05, 0) is 37.5 Å². The largest absolute Gasteiger partial charge is 0.339 e. The van der Waals surface area contributed by atoms with E-state index in [0.717, 1.165) is 24.2 Å². The van der Waals surface area contributed by atoms with E-state index in [0.29, 0.717) is 38.2 Å². The van der Waals surface area contributed by atoms with Crippen LogP contribution in [0.2, 0.25) is 5.02 Å². The summed E-state index contributed by atoms with van der Waals surface area (Å²) in [6.45, 7) is 2.04. The minimum atomic E-state index is -0.461. The number of piperazine rings is 1. The summed E-state index contributed by atoms with van der Waals surface area (Å²) in [6.07, 6.45) is 5.11. The van der Waals surface area contributed by atoms with Gasteiger partial charge in [0, 0.05) is 43.6 Å². The van der Waals surface area contributed by atoms with E-state index in [9.17, 15) is 14.0 Å². The van der Waals surface area contributed by atoms with Gasteiger partial charge in [0.05, 0.1) is 10.6 Å². The Morgan fingerprint density at radius 1 is 1.15 bits per heavy atom. The number of amides is 2. The highest BCUT2D eigenvalue weighted by Gasteiger charge is 2.26. The van der Waals surface area contributed by atoms with Crippen molar-refractivity contribution in [3.05, 3.63) is 34.6 Å². The molecular formula is C19H24ClFN2O2S2. The number of hydrogen-bond donors (Lipinski definition) is 0. The van der Waals surface area contributed by atoms with E-state index in [4.69, 9.17) is 11.6 Å². The second-order valence-electron chi connectivity index (χ2n) is 6.87. The topological polar surface area (TPSA) is 40.6 Å². The first-order chi connectivity index (χ1) is 13.0. The van der Waals surface area contributed by atoms with E-state index in [2.05, 4.69) is 0 Å². The SMILES string of the molecule is O=C(CCCCC1CCSS1)N1CCN(C(=O)c2ccc(F)cc2Cl)CC1. The van der Waals surface area contributed by atoms with E-state index in [-0.39, 0.29) is 16.8 Å². The van der Waals surface area contributed by atoms with Crippen LogP contribution < -0.4 is 0 Å². The van der Waals surface area contributed by atoms with Crippen molar-refractivity contribution in [1.29, 1.82) is 0 Å². The van der Waals surface area contributed by atoms with E-state index < -0.39 is 5.82 Å². The minimum Gasteiger partial charge on any atom is -0.339 e. The molecule has 0 aromatic heterocycles. The lowest BCUT2D eigenvalue weighted by Gasteiger charge is -2.35. The van der Waals surface area contributed by atoms with Crippen LogP contribution in [0, 0.1) is 5.82 Å². The zero-order chi connectivity index (χ0) is 19.2. The third-order valence-electron chi connectivity index (χ3n) is 4.98. The molecule has 0 aliphatic carbocycles. The zero-order valence-electron chi connectivity index (χ0n) is 15.2. The van der Waals surface area contributed by atoms with Gasteiger partial charge in [-0.15, -0.1) is 0 Å². The van der Waals surface area contributed by atoms with E-state index >= 15 is 0 Å². The molecule has 0 saturated carbocycles. The normalized spacial score (nSPS) is 20.1.